The van der Waals surface area contributed by atoms with Crippen LogP contribution in [-0.4, -0.2) is 64.9 Å². The fourth-order valence-electron chi connectivity index (χ4n) is 4.38. The Morgan fingerprint density at radius 3 is 2.40 bits per heavy atom. The number of carbonyl (C=O) groups excluding carboxylic acids is 3. The Hall–Kier alpha value is -1.63. The monoisotopic (exact) mass is 348 g/mol. The highest BCUT2D eigenvalue weighted by molar-refractivity contribution is 6.07. The lowest BCUT2D eigenvalue weighted by molar-refractivity contribution is -0.132. The van der Waals surface area contributed by atoms with Crippen LogP contribution in [0.3, 0.4) is 0 Å². The van der Waals surface area contributed by atoms with Gasteiger partial charge in [0.1, 0.15) is 5.54 Å². The summed E-state index contributed by atoms with van der Waals surface area (Å²) in [4.78, 5) is 40.6. The van der Waals surface area contributed by atoms with Crippen molar-refractivity contribution in [3.63, 3.8) is 0 Å². The number of rotatable bonds is 6. The quantitative estimate of drug-likeness (QED) is 0.692. The summed E-state index contributed by atoms with van der Waals surface area (Å²) in [7, 11) is 0. The lowest BCUT2D eigenvalue weighted by Gasteiger charge is -2.24. The van der Waals surface area contributed by atoms with Crippen LogP contribution in [0.5, 0.6) is 0 Å². The maximum absolute atomic E-state index is 12.7. The molecule has 1 spiro atoms. The molecular formula is C18H28N4O3. The van der Waals surface area contributed by atoms with Crippen molar-refractivity contribution < 1.29 is 14.4 Å². The molecule has 4 rings (SSSR count). The second-order valence-electron chi connectivity index (χ2n) is 8.51. The highest BCUT2D eigenvalue weighted by Gasteiger charge is 2.55. The van der Waals surface area contributed by atoms with E-state index in [0.29, 0.717) is 43.9 Å². The fourth-order valence-corrected chi connectivity index (χ4v) is 4.38. The highest BCUT2D eigenvalue weighted by Crippen LogP contribution is 2.44. The summed E-state index contributed by atoms with van der Waals surface area (Å²) in [6, 6.07) is -0.107. The van der Waals surface area contributed by atoms with Crippen molar-refractivity contribution in [1.29, 1.82) is 0 Å². The predicted octanol–water partition coefficient (Wildman–Crippen LogP) is 0.696. The van der Waals surface area contributed by atoms with Crippen molar-refractivity contribution in [3.8, 4) is 0 Å². The molecule has 138 valence electrons. The van der Waals surface area contributed by atoms with Gasteiger partial charge in [-0.15, -0.1) is 0 Å². The topological polar surface area (TPSA) is 81.8 Å². The van der Waals surface area contributed by atoms with E-state index in [9.17, 15) is 14.4 Å². The first-order valence-corrected chi connectivity index (χ1v) is 9.57. The number of amides is 4. The number of carbonyl (C=O) groups is 3. The van der Waals surface area contributed by atoms with E-state index in [1.165, 1.54) is 30.6 Å². The van der Waals surface area contributed by atoms with Gasteiger partial charge in [0.25, 0.3) is 5.91 Å². The van der Waals surface area contributed by atoms with E-state index in [0.717, 1.165) is 0 Å². The van der Waals surface area contributed by atoms with Gasteiger partial charge in [-0.1, -0.05) is 0 Å². The molecule has 2 aliphatic carbocycles. The molecule has 4 fully saturated rings. The number of nitrogens with one attached hydrogen (secondary N) is 2. The van der Waals surface area contributed by atoms with Crippen LogP contribution >= 0.6 is 0 Å². The molecule has 0 bridgehead atoms. The van der Waals surface area contributed by atoms with Gasteiger partial charge in [0.2, 0.25) is 5.91 Å². The van der Waals surface area contributed by atoms with Gasteiger partial charge in [0.05, 0.1) is 6.54 Å². The van der Waals surface area contributed by atoms with Crippen LogP contribution in [0.1, 0.15) is 46.0 Å². The molecule has 7 nitrogen and oxygen atoms in total. The van der Waals surface area contributed by atoms with E-state index in [1.54, 1.807) is 0 Å². The van der Waals surface area contributed by atoms with Gasteiger partial charge in [-0.25, -0.2) is 4.79 Å². The average Bonchev–Trinajstić information content (AvgIpc) is 3.44. The van der Waals surface area contributed by atoms with Crippen molar-refractivity contribution in [2.45, 2.75) is 63.6 Å². The first kappa shape index (κ1) is 16.8. The van der Waals surface area contributed by atoms with Crippen LogP contribution in [0.4, 0.5) is 4.79 Å². The largest absolute Gasteiger partial charge is 0.352 e. The van der Waals surface area contributed by atoms with Gasteiger partial charge < -0.3 is 10.6 Å². The minimum atomic E-state index is -0.839. The number of hydrogen-bond donors (Lipinski definition) is 2. The van der Waals surface area contributed by atoms with Gasteiger partial charge in [-0.2, -0.15) is 0 Å². The molecule has 25 heavy (non-hydrogen) atoms. The van der Waals surface area contributed by atoms with E-state index >= 15 is 0 Å². The van der Waals surface area contributed by atoms with Crippen LogP contribution in [0.25, 0.3) is 0 Å². The Balaban J connectivity index is 1.34. The number of urea groups is 1. The minimum absolute atomic E-state index is 0.0540. The van der Waals surface area contributed by atoms with Crippen molar-refractivity contribution in [2.75, 3.05) is 19.6 Å². The molecule has 2 N–H and O–H groups in total. The summed E-state index contributed by atoms with van der Waals surface area (Å²) < 4.78 is 0. The van der Waals surface area contributed by atoms with Crippen LogP contribution in [0.15, 0.2) is 0 Å². The van der Waals surface area contributed by atoms with Gasteiger partial charge >= 0.3 is 6.03 Å². The Morgan fingerprint density at radius 2 is 1.88 bits per heavy atom. The number of imide groups is 1. The molecule has 0 aromatic carbocycles. The van der Waals surface area contributed by atoms with Crippen molar-refractivity contribution >= 4 is 17.8 Å². The second-order valence-corrected chi connectivity index (χ2v) is 8.51. The zero-order valence-electron chi connectivity index (χ0n) is 15.1. The molecular weight excluding hydrogens is 320 g/mol. The van der Waals surface area contributed by atoms with E-state index in [1.807, 2.05) is 18.7 Å². The lowest BCUT2D eigenvalue weighted by Crippen LogP contribution is -2.51. The Kier molecular flexibility index (Phi) is 4.02. The molecule has 2 heterocycles. The third-order valence-electron chi connectivity index (χ3n) is 6.01. The van der Waals surface area contributed by atoms with E-state index < -0.39 is 5.54 Å². The second kappa shape index (κ2) is 5.97. The van der Waals surface area contributed by atoms with Crippen LogP contribution in [0, 0.1) is 11.8 Å². The maximum atomic E-state index is 12.7. The van der Waals surface area contributed by atoms with Crippen LogP contribution in [0.2, 0.25) is 0 Å². The Bertz CT molecular complexity index is 587. The SMILES string of the molecule is CC(C)N1C(=O)N[C@@]2(CCN(CC(=O)NC(C3CC3)C3CC3)C2)C1=O. The molecule has 4 aliphatic rings. The number of hydrogen-bond acceptors (Lipinski definition) is 4. The summed E-state index contributed by atoms with van der Waals surface area (Å²) >= 11 is 0. The molecule has 2 saturated carbocycles. The number of nitrogens with zero attached hydrogens (tertiary/aromatic N) is 2. The molecule has 2 aliphatic heterocycles. The summed E-state index contributed by atoms with van der Waals surface area (Å²) in [5.41, 5.74) is -0.839. The van der Waals surface area contributed by atoms with Gasteiger partial charge in [0, 0.05) is 25.2 Å². The van der Waals surface area contributed by atoms with Gasteiger partial charge in [-0.05, 0) is 57.8 Å². The smallest absolute Gasteiger partial charge is 0.325 e. The Labute approximate surface area is 148 Å². The predicted molar refractivity (Wildman–Crippen MR) is 91.7 cm³/mol. The van der Waals surface area contributed by atoms with Crippen molar-refractivity contribution in [3.05, 3.63) is 0 Å². The fraction of sp³-hybridized carbons (Fsp3) is 0.833. The highest BCUT2D eigenvalue weighted by atomic mass is 16.2. The van der Waals surface area contributed by atoms with E-state index in [4.69, 9.17) is 0 Å². The molecule has 1 atom stereocenters. The van der Waals surface area contributed by atoms with Crippen LogP contribution in [-0.2, 0) is 9.59 Å². The third kappa shape index (κ3) is 3.14. The van der Waals surface area contributed by atoms with Crippen molar-refractivity contribution in [1.82, 2.24) is 20.4 Å². The summed E-state index contributed by atoms with van der Waals surface area (Å²) in [5, 5.41) is 6.11. The zero-order valence-corrected chi connectivity index (χ0v) is 15.1. The number of likely N-dealkylation sites (tertiary alicyclic amines) is 1. The van der Waals surface area contributed by atoms with E-state index in [2.05, 4.69) is 10.6 Å². The van der Waals surface area contributed by atoms with Crippen molar-refractivity contribution in [2.24, 2.45) is 11.8 Å². The molecule has 0 aromatic heterocycles. The van der Waals surface area contributed by atoms with Crippen LogP contribution < -0.4 is 10.6 Å². The molecule has 4 amide bonds. The zero-order chi connectivity index (χ0) is 17.8. The lowest BCUT2D eigenvalue weighted by atomic mass is 9.98. The first-order valence-electron chi connectivity index (χ1n) is 9.57. The Morgan fingerprint density at radius 1 is 1.24 bits per heavy atom. The third-order valence-corrected chi connectivity index (χ3v) is 6.01. The molecule has 0 aromatic rings. The molecule has 7 heteroatoms. The molecule has 0 radical (unpaired) electrons. The molecule has 0 unspecified atom stereocenters. The van der Waals surface area contributed by atoms with Gasteiger partial charge in [0.15, 0.2) is 0 Å². The molecule has 2 saturated heterocycles. The summed E-state index contributed by atoms with van der Waals surface area (Å²) in [5.74, 6) is 1.26. The maximum Gasteiger partial charge on any atom is 0.325 e. The van der Waals surface area contributed by atoms with E-state index in [-0.39, 0.29) is 23.9 Å². The summed E-state index contributed by atoms with van der Waals surface area (Å²) in [6.07, 6.45) is 5.52. The normalized spacial score (nSPS) is 30.0. The average molecular weight is 348 g/mol. The standard InChI is InChI=1S/C18H28N4O3/c1-11(2)22-16(24)18(20-17(22)25)7-8-21(10-18)9-14(23)19-15(12-3-4-12)13-5-6-13/h11-13,15H,3-10H2,1-2H3,(H,19,23)(H,20,25)/t18-/m1/s1. The summed E-state index contributed by atoms with van der Waals surface area (Å²) in [6.45, 7) is 5.07. The van der Waals surface area contributed by atoms with Gasteiger partial charge in [-0.3, -0.25) is 19.4 Å². The first-order chi connectivity index (χ1) is 11.9. The minimum Gasteiger partial charge on any atom is -0.352 e.